The van der Waals surface area contributed by atoms with Gasteiger partial charge in [-0.2, -0.15) is 0 Å². The Morgan fingerprint density at radius 3 is 2.22 bits per heavy atom. The molecule has 0 fully saturated rings. The van der Waals surface area contributed by atoms with E-state index < -0.39 is 22.9 Å². The quantitative estimate of drug-likeness (QED) is 0.522. The molecule has 140 valence electrons. The Kier molecular flexibility index (Phi) is 4.63. The Morgan fingerprint density at radius 1 is 1.00 bits per heavy atom. The average Bonchev–Trinajstić information content (AvgIpc) is 2.57. The Balaban J connectivity index is 2.23. The summed E-state index contributed by atoms with van der Waals surface area (Å²) in [6.45, 7) is 9.37. The van der Waals surface area contributed by atoms with Crippen LogP contribution in [0.2, 0.25) is 0 Å². The first-order valence-electron chi connectivity index (χ1n) is 8.71. The van der Waals surface area contributed by atoms with E-state index >= 15 is 0 Å². The second-order valence-corrected chi connectivity index (χ2v) is 8.92. The molecule has 1 unspecified atom stereocenters. The van der Waals surface area contributed by atoms with E-state index in [4.69, 9.17) is 0 Å². The van der Waals surface area contributed by atoms with Gasteiger partial charge in [0.1, 0.15) is 11.7 Å². The summed E-state index contributed by atoms with van der Waals surface area (Å²) in [5.74, 6) is -2.85. The van der Waals surface area contributed by atoms with E-state index in [1.165, 1.54) is 0 Å². The van der Waals surface area contributed by atoms with Gasteiger partial charge in [-0.25, -0.2) is 0 Å². The molecule has 0 bridgehead atoms. The maximum Gasteiger partial charge on any atom is 0.230 e. The summed E-state index contributed by atoms with van der Waals surface area (Å²) in [6, 6.07) is 6.61. The van der Waals surface area contributed by atoms with Crippen LogP contribution >= 0.6 is 15.9 Å². The van der Waals surface area contributed by atoms with Crippen molar-refractivity contribution in [3.63, 3.8) is 0 Å². The third kappa shape index (κ3) is 3.04. The number of ketones is 3. The summed E-state index contributed by atoms with van der Waals surface area (Å²) >= 11 is 3.31. The molecule has 1 atom stereocenters. The number of carbonyl (C=O) groups excluding carboxylic acids is 3. The summed E-state index contributed by atoms with van der Waals surface area (Å²) in [5.41, 5.74) is 2.65. The van der Waals surface area contributed by atoms with Gasteiger partial charge in [0.25, 0.3) is 0 Å². The number of phenolic OH excluding ortho intramolecular Hbond substituents is 1. The number of aromatic hydroxyl groups is 1. The zero-order chi connectivity index (χ0) is 20.3. The molecule has 1 aliphatic rings. The molecule has 0 amide bonds. The first kappa shape index (κ1) is 19.5. The highest BCUT2D eigenvalue weighted by Gasteiger charge is 2.42. The normalized spacial score (nSPS) is 17.3. The van der Waals surface area contributed by atoms with Gasteiger partial charge >= 0.3 is 0 Å². The molecule has 2 aromatic carbocycles. The smallest absolute Gasteiger partial charge is 0.230 e. The number of carbonyl (C=O) groups is 3. The summed E-state index contributed by atoms with van der Waals surface area (Å²) < 4.78 is 0.392. The van der Waals surface area contributed by atoms with E-state index in [1.807, 2.05) is 27.7 Å². The Labute approximate surface area is 166 Å². The van der Waals surface area contributed by atoms with Gasteiger partial charge in [-0.05, 0) is 57.9 Å². The fourth-order valence-corrected chi connectivity index (χ4v) is 3.98. The largest absolute Gasteiger partial charge is 0.506 e. The van der Waals surface area contributed by atoms with Crippen molar-refractivity contribution < 1.29 is 19.5 Å². The highest BCUT2D eigenvalue weighted by molar-refractivity contribution is 9.10. The number of hydrogen-bond acceptors (Lipinski definition) is 4. The van der Waals surface area contributed by atoms with Crippen LogP contribution in [0.4, 0.5) is 0 Å². The van der Waals surface area contributed by atoms with Crippen molar-refractivity contribution in [3.8, 4) is 5.75 Å². The molecule has 0 radical (unpaired) electrons. The fraction of sp³-hybridized carbons (Fsp3) is 0.318. The van der Waals surface area contributed by atoms with Gasteiger partial charge in [0.2, 0.25) is 11.6 Å². The van der Waals surface area contributed by atoms with Gasteiger partial charge in [0.15, 0.2) is 5.78 Å². The lowest BCUT2D eigenvalue weighted by Crippen LogP contribution is -2.36. The van der Waals surface area contributed by atoms with Crippen LogP contribution in [0.3, 0.4) is 0 Å². The Bertz CT molecular complexity index is 1010. The molecule has 0 aromatic heterocycles. The summed E-state index contributed by atoms with van der Waals surface area (Å²) in [6.07, 6.45) is 0. The number of aryl methyl sites for hydroxylation is 1. The minimum Gasteiger partial charge on any atom is -0.506 e. The zero-order valence-corrected chi connectivity index (χ0v) is 17.5. The van der Waals surface area contributed by atoms with Crippen molar-refractivity contribution in [3.05, 3.63) is 62.1 Å². The predicted molar refractivity (Wildman–Crippen MR) is 107 cm³/mol. The lowest BCUT2D eigenvalue weighted by Gasteiger charge is -2.26. The van der Waals surface area contributed by atoms with Crippen LogP contribution in [-0.4, -0.2) is 22.5 Å². The fourth-order valence-electron chi connectivity index (χ4n) is 3.50. The van der Waals surface area contributed by atoms with Gasteiger partial charge in [0, 0.05) is 16.7 Å². The molecular formula is C22H21BrO4. The molecule has 1 aliphatic carbocycles. The molecule has 1 N–H and O–H groups in total. The second kappa shape index (κ2) is 6.41. The standard InChI is InChI=1S/C22H21BrO4/c1-10-6-7-13-16(11(10)2)20(26)21(27)17(18(13)24)12-8-14(22(3,4)5)19(25)15(23)9-12/h6-9,17,25H,1-5H3. The van der Waals surface area contributed by atoms with Crippen molar-refractivity contribution in [2.45, 2.75) is 46.0 Å². The number of hydrogen-bond donors (Lipinski definition) is 1. The van der Waals surface area contributed by atoms with E-state index in [9.17, 15) is 19.5 Å². The monoisotopic (exact) mass is 428 g/mol. The number of halogens is 1. The van der Waals surface area contributed by atoms with Crippen LogP contribution in [-0.2, 0) is 10.2 Å². The van der Waals surface area contributed by atoms with Gasteiger partial charge in [-0.15, -0.1) is 0 Å². The molecule has 4 nitrogen and oxygen atoms in total. The molecule has 0 saturated carbocycles. The average molecular weight is 429 g/mol. The molecule has 0 aliphatic heterocycles. The molecule has 2 aromatic rings. The van der Waals surface area contributed by atoms with Gasteiger partial charge in [-0.3, -0.25) is 14.4 Å². The maximum absolute atomic E-state index is 13.1. The van der Waals surface area contributed by atoms with Crippen LogP contribution in [0.15, 0.2) is 28.7 Å². The second-order valence-electron chi connectivity index (χ2n) is 8.07. The lowest BCUT2D eigenvalue weighted by atomic mass is 9.74. The van der Waals surface area contributed by atoms with Crippen molar-refractivity contribution >= 4 is 33.3 Å². The number of fused-ring (bicyclic) bond motifs is 1. The van der Waals surface area contributed by atoms with Crippen LogP contribution < -0.4 is 0 Å². The molecule has 5 heteroatoms. The van der Waals surface area contributed by atoms with Crippen molar-refractivity contribution in [2.75, 3.05) is 0 Å². The van der Waals surface area contributed by atoms with Crippen molar-refractivity contribution in [1.82, 2.24) is 0 Å². The molecule has 3 rings (SSSR count). The molecule has 27 heavy (non-hydrogen) atoms. The Morgan fingerprint density at radius 2 is 1.63 bits per heavy atom. The van der Waals surface area contributed by atoms with Crippen LogP contribution in [0.5, 0.6) is 5.75 Å². The maximum atomic E-state index is 13.1. The molecular weight excluding hydrogens is 408 g/mol. The minimum atomic E-state index is -1.19. The summed E-state index contributed by atoms with van der Waals surface area (Å²) in [5, 5.41) is 10.4. The van der Waals surface area contributed by atoms with Crippen molar-refractivity contribution in [2.24, 2.45) is 0 Å². The molecule has 0 saturated heterocycles. The van der Waals surface area contributed by atoms with Gasteiger partial charge < -0.3 is 5.11 Å². The van der Waals surface area contributed by atoms with Crippen LogP contribution in [0, 0.1) is 13.8 Å². The number of rotatable bonds is 1. The lowest BCUT2D eigenvalue weighted by molar-refractivity contribution is -0.115. The number of phenols is 1. The highest BCUT2D eigenvalue weighted by Crippen LogP contribution is 2.41. The van der Waals surface area contributed by atoms with Crippen LogP contribution in [0.1, 0.15) is 69.7 Å². The van der Waals surface area contributed by atoms with Crippen molar-refractivity contribution in [1.29, 1.82) is 0 Å². The van der Waals surface area contributed by atoms with Gasteiger partial charge in [0.05, 0.1) is 4.47 Å². The Hall–Kier alpha value is -2.27. The third-order valence-corrected chi connectivity index (χ3v) is 5.81. The van der Waals surface area contributed by atoms with E-state index in [-0.39, 0.29) is 22.7 Å². The predicted octanol–water partition coefficient (Wildman–Crippen LogP) is 4.80. The topological polar surface area (TPSA) is 71.4 Å². The first-order valence-corrected chi connectivity index (χ1v) is 9.50. The van der Waals surface area contributed by atoms with E-state index in [0.29, 0.717) is 21.2 Å². The van der Waals surface area contributed by atoms with E-state index in [0.717, 1.165) is 5.56 Å². The summed E-state index contributed by atoms with van der Waals surface area (Å²) in [4.78, 5) is 38.8. The summed E-state index contributed by atoms with van der Waals surface area (Å²) in [7, 11) is 0. The highest BCUT2D eigenvalue weighted by atomic mass is 79.9. The SMILES string of the molecule is Cc1ccc2c(c1C)C(=O)C(=O)C(c1cc(Br)c(O)c(C(C)(C)C)c1)C2=O. The van der Waals surface area contributed by atoms with Gasteiger partial charge in [-0.1, -0.05) is 39.0 Å². The van der Waals surface area contributed by atoms with Crippen LogP contribution in [0.25, 0.3) is 0 Å². The number of Topliss-reactive ketones (excluding diaryl/α,β-unsaturated/α-hetero) is 3. The third-order valence-electron chi connectivity index (χ3n) is 5.20. The first-order chi connectivity index (χ1) is 12.4. The minimum absolute atomic E-state index is 0.0696. The molecule has 0 spiro atoms. The number of benzene rings is 2. The van der Waals surface area contributed by atoms with E-state index in [1.54, 1.807) is 31.2 Å². The molecule has 0 heterocycles. The van der Waals surface area contributed by atoms with E-state index in [2.05, 4.69) is 15.9 Å². The zero-order valence-electron chi connectivity index (χ0n) is 15.9.